The maximum atomic E-state index is 13.1. The average molecular weight is 372 g/mol. The van der Waals surface area contributed by atoms with Crippen molar-refractivity contribution in [3.05, 3.63) is 11.6 Å². The van der Waals surface area contributed by atoms with E-state index in [2.05, 4.69) is 39.9 Å². The van der Waals surface area contributed by atoms with Gasteiger partial charge < -0.3 is 5.32 Å². The molecule has 0 saturated heterocycles. The first-order valence-electron chi connectivity index (χ1n) is 11.1. The summed E-state index contributed by atoms with van der Waals surface area (Å²) in [6.07, 6.45) is 10.7. The minimum Gasteiger partial charge on any atom is -0.351 e. The highest BCUT2D eigenvalue weighted by Gasteiger charge is 2.60. The number of allylic oxidation sites excluding steroid dienone is 1. The van der Waals surface area contributed by atoms with E-state index >= 15 is 0 Å². The lowest BCUT2D eigenvalue weighted by Crippen LogP contribution is -2.53. The quantitative estimate of drug-likeness (QED) is 0.701. The monoisotopic (exact) mass is 371 g/mol. The molecule has 3 heteroatoms. The molecule has 0 spiro atoms. The Hall–Kier alpha value is -1.12. The third-order valence-electron chi connectivity index (χ3n) is 8.78. The van der Waals surface area contributed by atoms with Crippen LogP contribution in [-0.2, 0) is 9.59 Å². The molecule has 3 fully saturated rings. The van der Waals surface area contributed by atoms with Gasteiger partial charge in [-0.3, -0.25) is 9.59 Å². The Morgan fingerprint density at radius 3 is 2.48 bits per heavy atom. The Bertz CT molecular complexity index is 687. The van der Waals surface area contributed by atoms with Crippen LogP contribution in [0.3, 0.4) is 0 Å². The van der Waals surface area contributed by atoms with E-state index in [1.54, 1.807) is 0 Å². The number of rotatable bonds is 1. The first-order chi connectivity index (χ1) is 12.5. The Morgan fingerprint density at radius 2 is 1.78 bits per heavy atom. The minimum absolute atomic E-state index is 0.151. The van der Waals surface area contributed by atoms with Crippen LogP contribution in [0.1, 0.15) is 86.0 Å². The van der Waals surface area contributed by atoms with Gasteiger partial charge in [-0.25, -0.2) is 0 Å². The molecule has 6 atom stereocenters. The summed E-state index contributed by atoms with van der Waals surface area (Å²) in [4.78, 5) is 25.0. The van der Waals surface area contributed by atoms with E-state index in [4.69, 9.17) is 0 Å². The molecular weight excluding hydrogens is 334 g/mol. The Kier molecular flexibility index (Phi) is 4.40. The highest BCUT2D eigenvalue weighted by atomic mass is 16.2. The van der Waals surface area contributed by atoms with E-state index in [0.29, 0.717) is 17.6 Å². The maximum Gasteiger partial charge on any atom is 0.224 e. The van der Waals surface area contributed by atoms with Gasteiger partial charge in [0.2, 0.25) is 5.91 Å². The SMILES string of the molecule is CC(C)(C)NC(=O)[C@@H]1CC[C@@H]2[C@H]3CCC4=CC(=O)CC[C@@]4(C)[C@@H]3CC[C@]21C. The van der Waals surface area contributed by atoms with Crippen molar-refractivity contribution in [3.8, 4) is 0 Å². The van der Waals surface area contributed by atoms with Gasteiger partial charge in [-0.15, -0.1) is 0 Å². The zero-order valence-electron chi connectivity index (χ0n) is 17.9. The summed E-state index contributed by atoms with van der Waals surface area (Å²) in [6.45, 7) is 11.1. The van der Waals surface area contributed by atoms with Crippen molar-refractivity contribution in [2.24, 2.45) is 34.5 Å². The van der Waals surface area contributed by atoms with Crippen LogP contribution in [-0.4, -0.2) is 17.2 Å². The lowest BCUT2D eigenvalue weighted by atomic mass is 9.47. The molecule has 0 radical (unpaired) electrons. The summed E-state index contributed by atoms with van der Waals surface area (Å²) in [6, 6.07) is 0. The molecule has 150 valence electrons. The summed E-state index contributed by atoms with van der Waals surface area (Å²) >= 11 is 0. The first-order valence-corrected chi connectivity index (χ1v) is 11.1. The second kappa shape index (κ2) is 6.19. The van der Waals surface area contributed by atoms with Crippen molar-refractivity contribution in [3.63, 3.8) is 0 Å². The Labute approximate surface area is 164 Å². The second-order valence-electron chi connectivity index (χ2n) is 11.4. The summed E-state index contributed by atoms with van der Waals surface area (Å²) in [5, 5.41) is 3.26. The molecule has 0 aromatic rings. The fourth-order valence-corrected chi connectivity index (χ4v) is 7.45. The molecular formula is C24H37NO2. The molecule has 3 nitrogen and oxygen atoms in total. The van der Waals surface area contributed by atoms with Gasteiger partial charge in [0.1, 0.15) is 0 Å². The average Bonchev–Trinajstić information content (AvgIpc) is 2.91. The van der Waals surface area contributed by atoms with Gasteiger partial charge in [0, 0.05) is 17.9 Å². The van der Waals surface area contributed by atoms with E-state index in [1.165, 1.54) is 24.8 Å². The molecule has 0 bridgehead atoms. The summed E-state index contributed by atoms with van der Waals surface area (Å²) in [5.41, 5.74) is 1.65. The molecule has 4 aliphatic rings. The van der Waals surface area contributed by atoms with Gasteiger partial charge in [0.05, 0.1) is 0 Å². The number of nitrogens with one attached hydrogen (secondary N) is 1. The van der Waals surface area contributed by atoms with Crippen molar-refractivity contribution in [1.82, 2.24) is 5.32 Å². The molecule has 27 heavy (non-hydrogen) atoms. The topological polar surface area (TPSA) is 46.2 Å². The van der Waals surface area contributed by atoms with Crippen molar-refractivity contribution < 1.29 is 9.59 Å². The molecule has 0 aromatic carbocycles. The van der Waals surface area contributed by atoms with Gasteiger partial charge in [-0.2, -0.15) is 0 Å². The van der Waals surface area contributed by atoms with E-state index < -0.39 is 0 Å². The Morgan fingerprint density at radius 1 is 1.04 bits per heavy atom. The van der Waals surface area contributed by atoms with Gasteiger partial charge in [0.15, 0.2) is 5.78 Å². The minimum atomic E-state index is -0.157. The van der Waals surface area contributed by atoms with Crippen LogP contribution in [0.4, 0.5) is 0 Å². The van der Waals surface area contributed by atoms with Crippen LogP contribution < -0.4 is 5.32 Å². The number of ketones is 1. The van der Waals surface area contributed by atoms with Crippen LogP contribution in [0.5, 0.6) is 0 Å². The highest BCUT2D eigenvalue weighted by Crippen LogP contribution is 2.66. The van der Waals surface area contributed by atoms with Crippen molar-refractivity contribution in [2.75, 3.05) is 0 Å². The van der Waals surface area contributed by atoms with Crippen LogP contribution >= 0.6 is 0 Å². The normalized spacial score (nSPS) is 44.0. The van der Waals surface area contributed by atoms with Crippen molar-refractivity contribution in [2.45, 2.75) is 91.5 Å². The van der Waals surface area contributed by atoms with Crippen LogP contribution in [0.25, 0.3) is 0 Å². The van der Waals surface area contributed by atoms with Crippen molar-refractivity contribution >= 4 is 11.7 Å². The third kappa shape index (κ3) is 3.00. The maximum absolute atomic E-state index is 13.1. The first kappa shape index (κ1) is 19.2. The molecule has 1 amide bonds. The van der Waals surface area contributed by atoms with E-state index in [-0.39, 0.29) is 28.2 Å². The summed E-state index contributed by atoms with van der Waals surface area (Å²) in [7, 11) is 0. The van der Waals surface area contributed by atoms with Gasteiger partial charge >= 0.3 is 0 Å². The molecule has 4 rings (SSSR count). The summed E-state index contributed by atoms with van der Waals surface area (Å²) in [5.74, 6) is 2.88. The lowest BCUT2D eigenvalue weighted by Gasteiger charge is -2.58. The largest absolute Gasteiger partial charge is 0.351 e. The summed E-state index contributed by atoms with van der Waals surface area (Å²) < 4.78 is 0. The number of fused-ring (bicyclic) bond motifs is 5. The zero-order valence-corrected chi connectivity index (χ0v) is 17.9. The fourth-order valence-electron chi connectivity index (χ4n) is 7.45. The van der Waals surface area contributed by atoms with E-state index in [1.807, 2.05) is 6.08 Å². The van der Waals surface area contributed by atoms with E-state index in [9.17, 15) is 9.59 Å². The number of amides is 1. The number of hydrogen-bond acceptors (Lipinski definition) is 2. The standard InChI is InChI=1S/C24H37NO2/c1-22(2,3)25-21(27)20-9-8-18-17-7-6-15-14-16(26)10-12-23(15,4)19(17)11-13-24(18,20)5/h14,17-20H,6-13H2,1-5H3,(H,25,27)/t17-,18-,19-,20+,23-,24-/m1/s1. The zero-order chi connectivity index (χ0) is 19.6. The number of carbonyl (C=O) groups excluding carboxylic acids is 2. The predicted octanol–water partition coefficient (Wildman–Crippen LogP) is 5.05. The second-order valence-corrected chi connectivity index (χ2v) is 11.4. The van der Waals surface area contributed by atoms with Crippen molar-refractivity contribution in [1.29, 1.82) is 0 Å². The van der Waals surface area contributed by atoms with Crippen LogP contribution in [0.15, 0.2) is 11.6 Å². The number of carbonyl (C=O) groups is 2. The molecule has 3 saturated carbocycles. The van der Waals surface area contributed by atoms with Gasteiger partial charge in [-0.05, 0) is 100 Å². The van der Waals surface area contributed by atoms with Crippen LogP contribution in [0.2, 0.25) is 0 Å². The predicted molar refractivity (Wildman–Crippen MR) is 108 cm³/mol. The van der Waals surface area contributed by atoms with E-state index in [0.717, 1.165) is 38.0 Å². The third-order valence-corrected chi connectivity index (χ3v) is 8.78. The van der Waals surface area contributed by atoms with Gasteiger partial charge in [0.25, 0.3) is 0 Å². The molecule has 4 aliphatic carbocycles. The number of hydrogen-bond donors (Lipinski definition) is 1. The highest BCUT2D eigenvalue weighted by molar-refractivity contribution is 5.91. The smallest absolute Gasteiger partial charge is 0.224 e. The van der Waals surface area contributed by atoms with Crippen LogP contribution in [0, 0.1) is 34.5 Å². The lowest BCUT2D eigenvalue weighted by molar-refractivity contribution is -0.134. The van der Waals surface area contributed by atoms with Gasteiger partial charge in [-0.1, -0.05) is 19.4 Å². The Balaban J connectivity index is 1.58. The molecule has 1 N–H and O–H groups in total. The molecule has 0 heterocycles. The fraction of sp³-hybridized carbons (Fsp3) is 0.833. The molecule has 0 aliphatic heterocycles. The molecule has 0 aromatic heterocycles. The molecule has 0 unspecified atom stereocenters.